The topological polar surface area (TPSA) is 64.3 Å². The van der Waals surface area contributed by atoms with Crippen molar-refractivity contribution in [2.45, 2.75) is 19.4 Å². The first-order valence-electron chi connectivity index (χ1n) is 4.70. The van der Waals surface area contributed by atoms with Crippen LogP contribution in [-0.2, 0) is 4.79 Å². The molecule has 3 N–H and O–H groups in total. The average Bonchev–Trinajstić information content (AvgIpc) is 2.23. The number of nitrogens with two attached hydrogens (primary N) is 1. The molecule has 0 aliphatic carbocycles. The molecular weight excluding hydrogens is 218 g/mol. The molecule has 1 rings (SSSR count). The second kappa shape index (κ2) is 5.41. The molecule has 0 radical (unpaired) electrons. The zero-order valence-corrected chi connectivity index (χ0v) is 8.67. The van der Waals surface area contributed by atoms with Crippen LogP contribution in [0.1, 0.15) is 13.3 Å². The Bertz CT molecular complexity index is 365. The Kier molecular flexibility index (Phi) is 4.19. The number of rotatable bonds is 4. The molecule has 0 aliphatic rings. The summed E-state index contributed by atoms with van der Waals surface area (Å²) in [6, 6.07) is 2.71. The minimum Gasteiger partial charge on any atom is -0.480 e. The number of halogens is 2. The van der Waals surface area contributed by atoms with Crippen molar-refractivity contribution in [3.8, 4) is 5.75 Å². The Hall–Kier alpha value is -1.69. The average molecular weight is 230 g/mol. The standard InChI is InChI=1S/C10H12F2N2O2/c1-2-9(10(15)14-13)16-8-4-6(11)3-7(12)5-8/h3-5,9H,2,13H2,1H3,(H,14,15). The van der Waals surface area contributed by atoms with E-state index in [0.29, 0.717) is 6.42 Å². The zero-order chi connectivity index (χ0) is 12.1. The predicted molar refractivity (Wildman–Crippen MR) is 53.4 cm³/mol. The van der Waals surface area contributed by atoms with Gasteiger partial charge in [-0.15, -0.1) is 0 Å². The third-order valence-corrected chi connectivity index (χ3v) is 1.92. The maximum Gasteiger partial charge on any atom is 0.274 e. The van der Waals surface area contributed by atoms with Crippen LogP contribution in [0.4, 0.5) is 8.78 Å². The van der Waals surface area contributed by atoms with E-state index in [1.54, 1.807) is 6.92 Å². The van der Waals surface area contributed by atoms with Gasteiger partial charge in [-0.25, -0.2) is 14.6 Å². The largest absolute Gasteiger partial charge is 0.480 e. The van der Waals surface area contributed by atoms with Crippen LogP contribution in [0.25, 0.3) is 0 Å². The van der Waals surface area contributed by atoms with Crippen LogP contribution in [0.5, 0.6) is 5.75 Å². The highest BCUT2D eigenvalue weighted by Gasteiger charge is 2.17. The molecule has 1 aromatic rings. The van der Waals surface area contributed by atoms with Crippen molar-refractivity contribution >= 4 is 5.91 Å². The fraction of sp³-hybridized carbons (Fsp3) is 0.300. The van der Waals surface area contributed by atoms with Crippen LogP contribution in [0.15, 0.2) is 18.2 Å². The van der Waals surface area contributed by atoms with Gasteiger partial charge >= 0.3 is 0 Å². The summed E-state index contributed by atoms with van der Waals surface area (Å²) in [5.41, 5.74) is 1.91. The van der Waals surface area contributed by atoms with Gasteiger partial charge in [0.05, 0.1) is 0 Å². The molecule has 0 saturated heterocycles. The maximum atomic E-state index is 12.8. The lowest BCUT2D eigenvalue weighted by Gasteiger charge is -2.15. The molecule has 0 aliphatic heterocycles. The predicted octanol–water partition coefficient (Wildman–Crippen LogP) is 1.11. The number of ether oxygens (including phenoxy) is 1. The lowest BCUT2D eigenvalue weighted by atomic mass is 10.2. The van der Waals surface area contributed by atoms with Gasteiger partial charge in [0.1, 0.15) is 17.4 Å². The summed E-state index contributed by atoms with van der Waals surface area (Å²) in [6.45, 7) is 1.69. The van der Waals surface area contributed by atoms with Crippen molar-refractivity contribution in [3.05, 3.63) is 29.8 Å². The molecule has 4 nitrogen and oxygen atoms in total. The van der Waals surface area contributed by atoms with E-state index >= 15 is 0 Å². The van der Waals surface area contributed by atoms with Crippen LogP contribution in [0, 0.1) is 11.6 Å². The van der Waals surface area contributed by atoms with Gasteiger partial charge < -0.3 is 4.74 Å². The van der Waals surface area contributed by atoms with Gasteiger partial charge in [0.25, 0.3) is 5.91 Å². The second-order valence-electron chi connectivity index (χ2n) is 3.13. The van der Waals surface area contributed by atoms with Crippen LogP contribution in [0.2, 0.25) is 0 Å². The summed E-state index contributed by atoms with van der Waals surface area (Å²) in [5, 5.41) is 0. The van der Waals surface area contributed by atoms with Crippen LogP contribution in [0.3, 0.4) is 0 Å². The molecule has 1 aromatic carbocycles. The van der Waals surface area contributed by atoms with Gasteiger partial charge in [-0.3, -0.25) is 10.2 Å². The van der Waals surface area contributed by atoms with Crippen molar-refractivity contribution in [3.63, 3.8) is 0 Å². The summed E-state index contributed by atoms with van der Waals surface area (Å²) in [7, 11) is 0. The SMILES string of the molecule is CCC(Oc1cc(F)cc(F)c1)C(=O)NN. The summed E-state index contributed by atoms with van der Waals surface area (Å²) < 4.78 is 30.7. The van der Waals surface area contributed by atoms with Crippen LogP contribution >= 0.6 is 0 Å². The molecule has 6 heteroatoms. The molecule has 1 atom stereocenters. The van der Waals surface area contributed by atoms with Crippen molar-refractivity contribution in [1.82, 2.24) is 5.43 Å². The number of hydrogen-bond acceptors (Lipinski definition) is 3. The van der Waals surface area contributed by atoms with Gasteiger partial charge in [0.15, 0.2) is 6.10 Å². The van der Waals surface area contributed by atoms with Crippen molar-refractivity contribution in [2.75, 3.05) is 0 Å². The molecule has 16 heavy (non-hydrogen) atoms. The van der Waals surface area contributed by atoms with Gasteiger partial charge in [0, 0.05) is 18.2 Å². The smallest absolute Gasteiger partial charge is 0.274 e. The van der Waals surface area contributed by atoms with E-state index in [1.807, 2.05) is 5.43 Å². The minimum absolute atomic E-state index is 0.0482. The Labute approximate surface area is 91.4 Å². The number of nitrogens with one attached hydrogen (secondary N) is 1. The highest BCUT2D eigenvalue weighted by Crippen LogP contribution is 2.17. The van der Waals surface area contributed by atoms with E-state index in [9.17, 15) is 13.6 Å². The van der Waals surface area contributed by atoms with Crippen molar-refractivity contribution in [1.29, 1.82) is 0 Å². The first kappa shape index (κ1) is 12.4. The van der Waals surface area contributed by atoms with Gasteiger partial charge in [0.2, 0.25) is 0 Å². The molecular formula is C10H12F2N2O2. The first-order valence-corrected chi connectivity index (χ1v) is 4.70. The number of amides is 1. The Morgan fingerprint density at radius 3 is 2.44 bits per heavy atom. The quantitative estimate of drug-likeness (QED) is 0.462. The molecule has 0 bridgehead atoms. The molecule has 0 aromatic heterocycles. The van der Waals surface area contributed by atoms with E-state index in [2.05, 4.69) is 0 Å². The number of carbonyl (C=O) groups is 1. The summed E-state index contributed by atoms with van der Waals surface area (Å²) in [6.07, 6.45) is -0.535. The molecule has 0 fully saturated rings. The number of carbonyl (C=O) groups excluding carboxylic acids is 1. The highest BCUT2D eigenvalue weighted by molar-refractivity contribution is 5.80. The number of hydrazine groups is 1. The molecule has 1 amide bonds. The van der Waals surface area contributed by atoms with E-state index in [-0.39, 0.29) is 5.75 Å². The third-order valence-electron chi connectivity index (χ3n) is 1.92. The minimum atomic E-state index is -0.869. The monoisotopic (exact) mass is 230 g/mol. The third kappa shape index (κ3) is 3.16. The molecule has 0 heterocycles. The van der Waals surface area contributed by atoms with Crippen molar-refractivity contribution < 1.29 is 18.3 Å². The summed E-state index contributed by atoms with van der Waals surface area (Å²) >= 11 is 0. The van der Waals surface area contributed by atoms with E-state index < -0.39 is 23.6 Å². The zero-order valence-electron chi connectivity index (χ0n) is 8.67. The second-order valence-corrected chi connectivity index (χ2v) is 3.13. The van der Waals surface area contributed by atoms with Gasteiger partial charge in [-0.2, -0.15) is 0 Å². The summed E-state index contributed by atoms with van der Waals surface area (Å²) in [5.74, 6) is 2.81. The van der Waals surface area contributed by atoms with Gasteiger partial charge in [-0.1, -0.05) is 6.92 Å². The molecule has 0 spiro atoms. The van der Waals surface area contributed by atoms with Gasteiger partial charge in [-0.05, 0) is 6.42 Å². The maximum absolute atomic E-state index is 12.8. The Morgan fingerprint density at radius 1 is 1.44 bits per heavy atom. The lowest BCUT2D eigenvalue weighted by Crippen LogP contribution is -2.41. The van der Waals surface area contributed by atoms with Crippen LogP contribution in [-0.4, -0.2) is 12.0 Å². The highest BCUT2D eigenvalue weighted by atomic mass is 19.1. The number of benzene rings is 1. The molecule has 1 unspecified atom stereocenters. The van der Waals surface area contributed by atoms with Crippen molar-refractivity contribution in [2.24, 2.45) is 5.84 Å². The number of hydrogen-bond donors (Lipinski definition) is 2. The first-order chi connectivity index (χ1) is 7.56. The van der Waals surface area contributed by atoms with E-state index in [0.717, 1.165) is 18.2 Å². The normalized spacial score (nSPS) is 12.0. The van der Waals surface area contributed by atoms with Crippen LogP contribution < -0.4 is 16.0 Å². The van der Waals surface area contributed by atoms with E-state index in [4.69, 9.17) is 10.6 Å². The Balaban J connectivity index is 2.81. The fourth-order valence-corrected chi connectivity index (χ4v) is 1.18. The lowest BCUT2D eigenvalue weighted by molar-refractivity contribution is -0.128. The Morgan fingerprint density at radius 2 is 2.00 bits per heavy atom. The summed E-state index contributed by atoms with van der Waals surface area (Å²) in [4.78, 5) is 11.2. The molecule has 88 valence electrons. The van der Waals surface area contributed by atoms with E-state index in [1.165, 1.54) is 0 Å². The molecule has 0 saturated carbocycles. The fourth-order valence-electron chi connectivity index (χ4n) is 1.18.